The van der Waals surface area contributed by atoms with E-state index >= 15 is 0 Å². The average Bonchev–Trinajstić information content (AvgIpc) is 2.76. The van der Waals surface area contributed by atoms with E-state index in [1.54, 1.807) is 44.5 Å². The smallest absolute Gasteiger partial charge is 0.292 e. The highest BCUT2D eigenvalue weighted by Crippen LogP contribution is 2.15. The summed E-state index contributed by atoms with van der Waals surface area (Å²) in [6.45, 7) is 1.78. The number of nitrogens with one attached hydrogen (secondary N) is 1. The number of rotatable bonds is 3. The van der Waals surface area contributed by atoms with Crippen LogP contribution in [0.3, 0.4) is 0 Å². The molecule has 0 spiro atoms. The zero-order chi connectivity index (χ0) is 12.3. The first kappa shape index (κ1) is 11.2. The van der Waals surface area contributed by atoms with Gasteiger partial charge >= 0.3 is 0 Å². The standard InChI is InChI=1S/C12H12N2O3/c1-8-3-4-10(17-8)12(15)14-11-7-9(16-2)5-6-13-11/h3-7H,1-2H3,(H,13,14,15). The van der Waals surface area contributed by atoms with Crippen LogP contribution in [0.25, 0.3) is 0 Å². The second-order valence-electron chi connectivity index (χ2n) is 3.45. The number of hydrogen-bond donors (Lipinski definition) is 1. The van der Waals surface area contributed by atoms with Crippen molar-refractivity contribution in [2.75, 3.05) is 12.4 Å². The van der Waals surface area contributed by atoms with Gasteiger partial charge in [-0.15, -0.1) is 0 Å². The van der Waals surface area contributed by atoms with Gasteiger partial charge in [0.25, 0.3) is 5.91 Å². The molecule has 0 bridgehead atoms. The van der Waals surface area contributed by atoms with E-state index in [1.807, 2.05) is 0 Å². The number of carbonyl (C=O) groups excluding carboxylic acids is 1. The molecule has 0 aliphatic heterocycles. The maximum Gasteiger partial charge on any atom is 0.292 e. The summed E-state index contributed by atoms with van der Waals surface area (Å²) in [5.41, 5.74) is 0. The molecule has 2 aromatic rings. The first-order chi connectivity index (χ1) is 8.19. The highest BCUT2D eigenvalue weighted by Gasteiger charge is 2.10. The number of nitrogens with zero attached hydrogens (tertiary/aromatic N) is 1. The fourth-order valence-corrected chi connectivity index (χ4v) is 1.34. The minimum absolute atomic E-state index is 0.257. The van der Waals surface area contributed by atoms with E-state index in [1.165, 1.54) is 0 Å². The summed E-state index contributed by atoms with van der Waals surface area (Å²) in [7, 11) is 1.55. The van der Waals surface area contributed by atoms with E-state index in [0.29, 0.717) is 17.3 Å². The van der Waals surface area contributed by atoms with Crippen molar-refractivity contribution in [2.45, 2.75) is 6.92 Å². The summed E-state index contributed by atoms with van der Waals surface area (Å²) in [5.74, 6) is 1.66. The van der Waals surface area contributed by atoms with Crippen LogP contribution in [0.15, 0.2) is 34.9 Å². The van der Waals surface area contributed by atoms with Gasteiger partial charge in [0.2, 0.25) is 0 Å². The van der Waals surface area contributed by atoms with Crippen molar-refractivity contribution in [3.05, 3.63) is 42.0 Å². The van der Waals surface area contributed by atoms with Gasteiger partial charge in [-0.2, -0.15) is 0 Å². The van der Waals surface area contributed by atoms with Crippen molar-refractivity contribution >= 4 is 11.7 Å². The molecule has 1 amide bonds. The van der Waals surface area contributed by atoms with Crippen LogP contribution >= 0.6 is 0 Å². The lowest BCUT2D eigenvalue weighted by atomic mass is 10.4. The van der Waals surface area contributed by atoms with E-state index in [4.69, 9.17) is 9.15 Å². The monoisotopic (exact) mass is 232 g/mol. The lowest BCUT2D eigenvalue weighted by molar-refractivity contribution is 0.0995. The van der Waals surface area contributed by atoms with Crippen LogP contribution < -0.4 is 10.1 Å². The molecule has 2 heterocycles. The number of ether oxygens (including phenoxy) is 1. The van der Waals surface area contributed by atoms with Crippen LogP contribution in [-0.4, -0.2) is 18.0 Å². The van der Waals surface area contributed by atoms with Crippen LogP contribution in [0.1, 0.15) is 16.3 Å². The summed E-state index contributed by atoms with van der Waals surface area (Å²) >= 11 is 0. The molecule has 5 nitrogen and oxygen atoms in total. The van der Waals surface area contributed by atoms with Gasteiger partial charge in [0.1, 0.15) is 17.3 Å². The molecule has 0 aliphatic rings. The van der Waals surface area contributed by atoms with Gasteiger partial charge in [0.15, 0.2) is 5.76 Å². The third-order valence-corrected chi connectivity index (χ3v) is 2.17. The minimum Gasteiger partial charge on any atom is -0.497 e. The molecule has 0 saturated carbocycles. The summed E-state index contributed by atoms with van der Waals surface area (Å²) in [6, 6.07) is 6.68. The Labute approximate surface area is 98.4 Å². The van der Waals surface area contributed by atoms with Gasteiger partial charge in [0, 0.05) is 12.3 Å². The minimum atomic E-state index is -0.334. The van der Waals surface area contributed by atoms with E-state index < -0.39 is 0 Å². The Bertz CT molecular complexity index is 534. The summed E-state index contributed by atoms with van der Waals surface area (Å²) in [6.07, 6.45) is 1.56. The van der Waals surface area contributed by atoms with E-state index in [9.17, 15) is 4.79 Å². The molecule has 1 N–H and O–H groups in total. The van der Waals surface area contributed by atoms with E-state index in [0.717, 1.165) is 0 Å². The zero-order valence-electron chi connectivity index (χ0n) is 9.56. The quantitative estimate of drug-likeness (QED) is 0.881. The molecule has 0 radical (unpaired) electrons. The normalized spacial score (nSPS) is 10.0. The number of amides is 1. The van der Waals surface area contributed by atoms with Gasteiger partial charge in [-0.05, 0) is 25.1 Å². The van der Waals surface area contributed by atoms with Gasteiger partial charge in [-0.1, -0.05) is 0 Å². The van der Waals surface area contributed by atoms with Crippen LogP contribution in [0, 0.1) is 6.92 Å². The highest BCUT2D eigenvalue weighted by molar-refractivity contribution is 6.01. The number of anilines is 1. The SMILES string of the molecule is COc1ccnc(NC(=O)c2ccc(C)o2)c1. The van der Waals surface area contributed by atoms with E-state index in [2.05, 4.69) is 10.3 Å². The third kappa shape index (κ3) is 2.63. The number of aryl methyl sites for hydroxylation is 1. The van der Waals surface area contributed by atoms with Gasteiger partial charge in [0.05, 0.1) is 7.11 Å². The third-order valence-electron chi connectivity index (χ3n) is 2.17. The van der Waals surface area contributed by atoms with Gasteiger partial charge < -0.3 is 14.5 Å². The zero-order valence-corrected chi connectivity index (χ0v) is 9.56. The molecule has 88 valence electrons. The molecular weight excluding hydrogens is 220 g/mol. The van der Waals surface area contributed by atoms with Crippen molar-refractivity contribution in [3.8, 4) is 5.75 Å². The van der Waals surface area contributed by atoms with Crippen LogP contribution in [-0.2, 0) is 0 Å². The predicted octanol–water partition coefficient (Wildman–Crippen LogP) is 2.24. The first-order valence-corrected chi connectivity index (χ1v) is 5.07. The Morgan fingerprint density at radius 3 is 2.88 bits per heavy atom. The largest absolute Gasteiger partial charge is 0.497 e. The molecule has 2 rings (SSSR count). The van der Waals surface area contributed by atoms with Crippen LogP contribution in [0.4, 0.5) is 5.82 Å². The Morgan fingerprint density at radius 1 is 1.41 bits per heavy atom. The van der Waals surface area contributed by atoms with Crippen molar-refractivity contribution < 1.29 is 13.9 Å². The second-order valence-corrected chi connectivity index (χ2v) is 3.45. The lowest BCUT2D eigenvalue weighted by Gasteiger charge is -2.04. The van der Waals surface area contributed by atoms with Crippen molar-refractivity contribution in [1.29, 1.82) is 0 Å². The molecule has 2 aromatic heterocycles. The summed E-state index contributed by atoms with van der Waals surface area (Å²) < 4.78 is 10.2. The predicted molar refractivity (Wildman–Crippen MR) is 62.2 cm³/mol. The number of methoxy groups -OCH3 is 1. The second kappa shape index (κ2) is 4.69. The topological polar surface area (TPSA) is 64.4 Å². The molecule has 0 atom stereocenters. The Morgan fingerprint density at radius 2 is 2.24 bits per heavy atom. The lowest BCUT2D eigenvalue weighted by Crippen LogP contribution is -2.11. The first-order valence-electron chi connectivity index (χ1n) is 5.07. The molecule has 0 aromatic carbocycles. The molecule has 0 unspecified atom stereocenters. The maximum atomic E-state index is 11.7. The maximum absolute atomic E-state index is 11.7. The molecular formula is C12H12N2O3. The van der Waals surface area contributed by atoms with Gasteiger partial charge in [-0.3, -0.25) is 4.79 Å². The van der Waals surface area contributed by atoms with Gasteiger partial charge in [-0.25, -0.2) is 4.98 Å². The molecule has 0 aliphatic carbocycles. The Balaban J connectivity index is 2.12. The fourth-order valence-electron chi connectivity index (χ4n) is 1.34. The van der Waals surface area contributed by atoms with E-state index in [-0.39, 0.29) is 11.7 Å². The molecule has 0 fully saturated rings. The summed E-state index contributed by atoms with van der Waals surface area (Å²) in [4.78, 5) is 15.7. The van der Waals surface area contributed by atoms with Crippen molar-refractivity contribution in [1.82, 2.24) is 4.98 Å². The van der Waals surface area contributed by atoms with Crippen molar-refractivity contribution in [3.63, 3.8) is 0 Å². The Hall–Kier alpha value is -2.30. The Kier molecular flexibility index (Phi) is 3.09. The van der Waals surface area contributed by atoms with Crippen LogP contribution in [0.2, 0.25) is 0 Å². The fraction of sp³-hybridized carbons (Fsp3) is 0.167. The van der Waals surface area contributed by atoms with Crippen LogP contribution in [0.5, 0.6) is 5.75 Å². The molecule has 5 heteroatoms. The number of pyridine rings is 1. The number of carbonyl (C=O) groups is 1. The molecule has 17 heavy (non-hydrogen) atoms. The van der Waals surface area contributed by atoms with Crippen molar-refractivity contribution in [2.24, 2.45) is 0 Å². The average molecular weight is 232 g/mol. The number of aromatic nitrogens is 1. The number of furan rings is 1. The number of hydrogen-bond acceptors (Lipinski definition) is 4. The summed E-state index contributed by atoms with van der Waals surface area (Å²) in [5, 5.41) is 2.62. The highest BCUT2D eigenvalue weighted by atomic mass is 16.5. The molecule has 0 saturated heterocycles.